The molecule has 0 aromatic carbocycles. The zero-order valence-corrected chi connectivity index (χ0v) is 9.08. The monoisotopic (exact) mass is 247 g/mol. The Morgan fingerprint density at radius 1 is 1.53 bits per heavy atom. The number of hydrogen-bond donors (Lipinski definition) is 3. The van der Waals surface area contributed by atoms with Crippen LogP contribution in [0.2, 0.25) is 0 Å². The van der Waals surface area contributed by atoms with Crippen molar-refractivity contribution in [1.82, 2.24) is 0 Å². The summed E-state index contributed by atoms with van der Waals surface area (Å²) in [7, 11) is 0. The summed E-state index contributed by atoms with van der Waals surface area (Å²) in [4.78, 5) is 28.4. The molecule has 1 aliphatic rings. The second-order valence-corrected chi connectivity index (χ2v) is 2.20. The third-order valence-corrected chi connectivity index (χ3v) is 0.908. The molecule has 0 unspecified atom stereocenters. The smallest absolute Gasteiger partial charge is 0.404 e. The average molecular weight is 247 g/mol. The molecule has 1 aliphatic heterocycles. The van der Waals surface area contributed by atoms with Crippen molar-refractivity contribution >= 4 is 18.0 Å². The number of ether oxygens (including phenoxy) is 2. The molecule has 0 radical (unpaired) electrons. The Morgan fingerprint density at radius 2 is 1.94 bits per heavy atom. The molecule has 0 saturated heterocycles. The minimum Gasteiger partial charge on any atom is -0.478 e. The van der Waals surface area contributed by atoms with Crippen LogP contribution in [-0.2, 0) is 19.1 Å². The van der Waals surface area contributed by atoms with Crippen molar-refractivity contribution in [3.8, 4) is 0 Å². The first-order chi connectivity index (χ1) is 7.84. The highest BCUT2D eigenvalue weighted by molar-refractivity contribution is 5.86. The van der Waals surface area contributed by atoms with Gasteiger partial charge in [-0.1, -0.05) is 6.58 Å². The fraction of sp³-hybridized carbons (Fsp3) is 0.222. The summed E-state index contributed by atoms with van der Waals surface area (Å²) in [5.74, 6) is -1.92. The average Bonchev–Trinajstić information content (AvgIpc) is 3.02. The normalized spacial score (nSPS) is 9.82. The van der Waals surface area contributed by atoms with E-state index in [0.29, 0.717) is 6.61 Å². The molecule has 8 nitrogen and oxygen atoms in total. The summed E-state index contributed by atoms with van der Waals surface area (Å²) < 4.78 is 8.34. The fourth-order valence-electron chi connectivity index (χ4n) is 0.273. The number of aliphatic carboxylic acids is 2. The van der Waals surface area contributed by atoms with Gasteiger partial charge >= 0.3 is 18.0 Å². The van der Waals surface area contributed by atoms with Crippen molar-refractivity contribution in [1.29, 1.82) is 0 Å². The number of primary amides is 1. The molecule has 96 valence electrons. The van der Waals surface area contributed by atoms with Gasteiger partial charge in [0.15, 0.2) is 0 Å². The van der Waals surface area contributed by atoms with Gasteiger partial charge < -0.3 is 25.4 Å². The first-order valence-corrected chi connectivity index (χ1v) is 4.22. The lowest BCUT2D eigenvalue weighted by molar-refractivity contribution is -0.134. The van der Waals surface area contributed by atoms with E-state index in [0.717, 1.165) is 6.08 Å². The molecule has 8 heteroatoms. The number of hydrogen-bond acceptors (Lipinski definition) is 5. The molecule has 4 N–H and O–H groups in total. The van der Waals surface area contributed by atoms with Crippen LogP contribution in [0.15, 0.2) is 24.7 Å². The van der Waals surface area contributed by atoms with E-state index in [1.807, 2.05) is 0 Å². The lowest BCUT2D eigenvalue weighted by Gasteiger charge is -1.89. The van der Waals surface area contributed by atoms with Gasteiger partial charge in [0.05, 0.1) is 6.61 Å². The predicted octanol–water partition coefficient (Wildman–Crippen LogP) is 0.301. The summed E-state index contributed by atoms with van der Waals surface area (Å²) >= 11 is 0. The van der Waals surface area contributed by atoms with Crippen LogP contribution in [-0.4, -0.2) is 34.9 Å². The Balaban J connectivity index is 0. The summed E-state index contributed by atoms with van der Waals surface area (Å²) in [6.45, 7) is 5.02. The molecule has 0 aromatic heterocycles. The van der Waals surface area contributed by atoms with Crippen LogP contribution >= 0.6 is 0 Å². The van der Waals surface area contributed by atoms with E-state index in [1.54, 1.807) is 6.92 Å². The third-order valence-electron chi connectivity index (χ3n) is 0.908. The van der Waals surface area contributed by atoms with Crippen molar-refractivity contribution in [3.63, 3.8) is 0 Å². The van der Waals surface area contributed by atoms with Gasteiger partial charge in [-0.3, -0.25) is 0 Å². The van der Waals surface area contributed by atoms with E-state index in [-0.39, 0.29) is 5.76 Å². The Bertz CT molecular complexity index is 321. The summed E-state index contributed by atoms with van der Waals surface area (Å²) in [5, 5.41) is 15.5. The van der Waals surface area contributed by atoms with Crippen LogP contribution in [0.3, 0.4) is 0 Å². The van der Waals surface area contributed by atoms with E-state index < -0.39 is 18.0 Å². The molecule has 0 atom stereocenters. The number of carbonyl (C=O) groups excluding carboxylic acids is 1. The lowest BCUT2D eigenvalue weighted by Crippen LogP contribution is -2.11. The largest absolute Gasteiger partial charge is 0.478 e. The van der Waals surface area contributed by atoms with Crippen molar-refractivity contribution in [2.24, 2.45) is 5.73 Å². The first kappa shape index (κ1) is 16.9. The highest BCUT2D eigenvalue weighted by Gasteiger charge is 2.17. The fourth-order valence-corrected chi connectivity index (χ4v) is 0.273. The standard InChI is InChI=1S/C3H7NO2.C3H2O3.C3H4O2/c1-2-6-3(4)5;4-3(5)2-1-6-2;1-2-3(4)5/h2H2,1H3,(H2,4,5);1H,(H,4,5);2H,1H2,(H,4,5). The van der Waals surface area contributed by atoms with Gasteiger partial charge in [-0.15, -0.1) is 0 Å². The Morgan fingerprint density at radius 3 is 1.94 bits per heavy atom. The summed E-state index contributed by atoms with van der Waals surface area (Å²) in [6.07, 6.45) is 1.31. The molecule has 0 spiro atoms. The maximum Gasteiger partial charge on any atom is 0.404 e. The Hall–Kier alpha value is -2.51. The molecule has 0 aromatic rings. The second kappa shape index (κ2) is 10.0. The zero-order chi connectivity index (χ0) is 13.8. The van der Waals surface area contributed by atoms with E-state index in [9.17, 15) is 14.4 Å². The summed E-state index contributed by atoms with van der Waals surface area (Å²) in [6, 6.07) is 0. The highest BCUT2D eigenvalue weighted by Crippen LogP contribution is 2.11. The van der Waals surface area contributed by atoms with Crippen molar-refractivity contribution in [2.75, 3.05) is 6.61 Å². The van der Waals surface area contributed by atoms with Crippen molar-refractivity contribution < 1.29 is 34.1 Å². The molecule has 17 heavy (non-hydrogen) atoms. The quantitative estimate of drug-likeness (QED) is 0.609. The first-order valence-electron chi connectivity index (χ1n) is 4.22. The van der Waals surface area contributed by atoms with Gasteiger partial charge in [0.25, 0.3) is 0 Å². The number of carboxylic acids is 2. The Labute approximate surface area is 96.9 Å². The van der Waals surface area contributed by atoms with Gasteiger partial charge in [-0.25, -0.2) is 14.4 Å². The SMILES string of the molecule is C=CC(=O)O.CCOC(N)=O.O=C(O)C1=CO1. The van der Waals surface area contributed by atoms with Crippen LogP contribution in [0, 0.1) is 0 Å². The number of carbonyl (C=O) groups is 3. The highest BCUT2D eigenvalue weighted by atomic mass is 16.6. The van der Waals surface area contributed by atoms with Crippen LogP contribution in [0.25, 0.3) is 0 Å². The molecule has 0 bridgehead atoms. The number of nitrogens with two attached hydrogens (primary N) is 1. The van der Waals surface area contributed by atoms with E-state index in [2.05, 4.69) is 21.8 Å². The van der Waals surface area contributed by atoms with Crippen LogP contribution in [0.1, 0.15) is 6.92 Å². The van der Waals surface area contributed by atoms with Gasteiger partial charge in [0.1, 0.15) is 6.26 Å². The number of carboxylic acid groups (broad SMARTS) is 2. The van der Waals surface area contributed by atoms with Gasteiger partial charge in [0.2, 0.25) is 5.76 Å². The number of amides is 1. The van der Waals surface area contributed by atoms with E-state index in [1.165, 1.54) is 6.26 Å². The molecular weight excluding hydrogens is 234 g/mol. The number of rotatable bonds is 3. The van der Waals surface area contributed by atoms with Crippen LogP contribution in [0.5, 0.6) is 0 Å². The predicted molar refractivity (Wildman–Crippen MR) is 55.8 cm³/mol. The zero-order valence-electron chi connectivity index (χ0n) is 9.08. The maximum atomic E-state index is 9.60. The molecule has 1 rings (SSSR count). The van der Waals surface area contributed by atoms with E-state index in [4.69, 9.17) is 10.2 Å². The molecule has 0 aliphatic carbocycles. The molecule has 0 fully saturated rings. The summed E-state index contributed by atoms with van der Waals surface area (Å²) in [5.41, 5.74) is 4.54. The van der Waals surface area contributed by atoms with Gasteiger partial charge in [-0.05, 0) is 6.92 Å². The molecule has 0 saturated carbocycles. The molecule has 1 amide bonds. The van der Waals surface area contributed by atoms with E-state index >= 15 is 0 Å². The van der Waals surface area contributed by atoms with Crippen molar-refractivity contribution in [2.45, 2.75) is 6.92 Å². The van der Waals surface area contributed by atoms with Crippen LogP contribution in [0.4, 0.5) is 4.79 Å². The second-order valence-electron chi connectivity index (χ2n) is 2.20. The Kier molecular flexibility index (Phi) is 9.97. The molecule has 1 heterocycles. The topological polar surface area (TPSA) is 139 Å². The van der Waals surface area contributed by atoms with Crippen molar-refractivity contribution in [3.05, 3.63) is 24.7 Å². The minimum atomic E-state index is -0.991. The lowest BCUT2D eigenvalue weighted by atomic mass is 10.7. The van der Waals surface area contributed by atoms with Crippen LogP contribution < -0.4 is 5.73 Å². The van der Waals surface area contributed by atoms with Gasteiger partial charge in [-0.2, -0.15) is 0 Å². The maximum absolute atomic E-state index is 9.60. The minimum absolute atomic E-state index is 0.0509. The third kappa shape index (κ3) is 19.8. The molecular formula is C9H13NO7. The van der Waals surface area contributed by atoms with Gasteiger partial charge in [0, 0.05) is 6.08 Å².